The van der Waals surface area contributed by atoms with Gasteiger partial charge in [0.2, 0.25) is 0 Å². The van der Waals surface area contributed by atoms with Crippen molar-refractivity contribution < 1.29 is 9.67 Å². The smallest absolute Gasteiger partial charge is 0.350 e. The van der Waals surface area contributed by atoms with E-state index in [1.807, 2.05) is 65.2 Å². The Morgan fingerprint density at radius 3 is 2.21 bits per heavy atom. The van der Waals surface area contributed by atoms with Crippen molar-refractivity contribution in [1.29, 1.82) is 0 Å². The van der Waals surface area contributed by atoms with Crippen LogP contribution in [0.3, 0.4) is 0 Å². The average molecular weight is 396 g/mol. The molecule has 1 aromatic heterocycles. The number of hydrogen-bond donors (Lipinski definition) is 1. The van der Waals surface area contributed by atoms with E-state index in [0.717, 1.165) is 41.5 Å². The summed E-state index contributed by atoms with van der Waals surface area (Å²) < 4.78 is 3.57. The molecule has 0 spiro atoms. The molecule has 0 atom stereocenters. The number of nitrogens with zero attached hydrogens (tertiary/aromatic N) is 2. The molecule has 0 bridgehead atoms. The summed E-state index contributed by atoms with van der Waals surface area (Å²) in [7, 11) is 0. The molecule has 0 unspecified atom stereocenters. The van der Waals surface area contributed by atoms with Gasteiger partial charge in [0.05, 0.1) is 0 Å². The second-order valence-corrected chi connectivity index (χ2v) is 7.75. The third kappa shape index (κ3) is 4.14. The van der Waals surface area contributed by atoms with Crippen LogP contribution < -0.4 is 10.1 Å². The standard InChI is InChI=1S/C23H26N2O2S/c1-3-5-16-20-21(26)24(18-12-8-6-9-13-18)23(28-17-4-2)25(22(20)27)19-14-10-7-11-15-19/h6-15H,3-5,16-17H2,1-2H3/p+1. The second-order valence-electron chi connectivity index (χ2n) is 6.68. The van der Waals surface area contributed by atoms with Crippen molar-refractivity contribution in [3.8, 4) is 17.3 Å². The first-order valence-corrected chi connectivity index (χ1v) is 10.8. The maximum atomic E-state index is 13.4. The van der Waals surface area contributed by atoms with E-state index in [-0.39, 0.29) is 11.4 Å². The Morgan fingerprint density at radius 2 is 1.61 bits per heavy atom. The van der Waals surface area contributed by atoms with Crippen LogP contribution in [0.5, 0.6) is 5.88 Å². The zero-order chi connectivity index (χ0) is 19.9. The SMILES string of the molecule is CCCCc1c(O)[n+](-c2ccccc2)c(SCCC)n(-c2ccccc2)c1=O. The van der Waals surface area contributed by atoms with Gasteiger partial charge in [-0.3, -0.25) is 0 Å². The van der Waals surface area contributed by atoms with Gasteiger partial charge < -0.3 is 5.11 Å². The van der Waals surface area contributed by atoms with Crippen molar-refractivity contribution in [1.82, 2.24) is 4.57 Å². The monoisotopic (exact) mass is 395 g/mol. The summed E-state index contributed by atoms with van der Waals surface area (Å²) in [5.41, 5.74) is 1.99. The first-order valence-electron chi connectivity index (χ1n) is 9.85. The lowest BCUT2D eigenvalue weighted by Gasteiger charge is -2.14. The summed E-state index contributed by atoms with van der Waals surface area (Å²) in [4.78, 5) is 13.4. The predicted molar refractivity (Wildman–Crippen MR) is 115 cm³/mol. The van der Waals surface area contributed by atoms with Crippen LogP contribution in [0.1, 0.15) is 38.7 Å². The van der Waals surface area contributed by atoms with Crippen molar-refractivity contribution in [3.05, 3.63) is 76.6 Å². The molecule has 0 saturated heterocycles. The zero-order valence-electron chi connectivity index (χ0n) is 16.5. The highest BCUT2D eigenvalue weighted by atomic mass is 32.2. The van der Waals surface area contributed by atoms with Gasteiger partial charge in [0.25, 0.3) is 5.88 Å². The molecule has 5 heteroatoms. The largest absolute Gasteiger partial charge is 0.477 e. The van der Waals surface area contributed by atoms with E-state index in [9.17, 15) is 9.90 Å². The Kier molecular flexibility index (Phi) is 6.93. The normalized spacial score (nSPS) is 10.9. The van der Waals surface area contributed by atoms with E-state index in [1.54, 1.807) is 16.3 Å². The fourth-order valence-electron chi connectivity index (χ4n) is 3.15. The Hall–Kier alpha value is -2.53. The highest BCUT2D eigenvalue weighted by Gasteiger charge is 2.30. The number of thioether (sulfide) groups is 1. The van der Waals surface area contributed by atoms with Gasteiger partial charge in [-0.25, -0.2) is 4.79 Å². The van der Waals surface area contributed by atoms with Crippen LogP contribution in [0.15, 0.2) is 70.6 Å². The molecule has 0 radical (unpaired) electrons. The van der Waals surface area contributed by atoms with E-state index >= 15 is 0 Å². The van der Waals surface area contributed by atoms with Crippen LogP contribution in [0.2, 0.25) is 0 Å². The van der Waals surface area contributed by atoms with Crippen LogP contribution in [0.25, 0.3) is 11.4 Å². The van der Waals surface area contributed by atoms with Crippen molar-refractivity contribution >= 4 is 11.8 Å². The van der Waals surface area contributed by atoms with Crippen molar-refractivity contribution in [2.75, 3.05) is 5.75 Å². The molecule has 28 heavy (non-hydrogen) atoms. The molecule has 3 aromatic rings. The highest BCUT2D eigenvalue weighted by molar-refractivity contribution is 7.99. The Morgan fingerprint density at radius 1 is 0.964 bits per heavy atom. The fraction of sp³-hybridized carbons (Fsp3) is 0.304. The van der Waals surface area contributed by atoms with E-state index in [1.165, 1.54) is 0 Å². The maximum absolute atomic E-state index is 13.4. The molecule has 0 amide bonds. The third-order valence-corrected chi connectivity index (χ3v) is 5.81. The minimum absolute atomic E-state index is 0.0513. The minimum atomic E-state index is -0.136. The van der Waals surface area contributed by atoms with Gasteiger partial charge in [-0.05, 0) is 55.3 Å². The van der Waals surface area contributed by atoms with Gasteiger partial charge in [-0.1, -0.05) is 56.7 Å². The number of unbranched alkanes of at least 4 members (excludes halogenated alkanes) is 1. The van der Waals surface area contributed by atoms with Crippen LogP contribution in [0.4, 0.5) is 0 Å². The summed E-state index contributed by atoms with van der Waals surface area (Å²) in [6.45, 7) is 4.20. The Labute approximate surface area is 170 Å². The zero-order valence-corrected chi connectivity index (χ0v) is 17.3. The molecule has 0 aliphatic rings. The number of aromatic hydroxyl groups is 1. The molecule has 0 aliphatic heterocycles. The molecule has 1 heterocycles. The number of rotatable bonds is 8. The van der Waals surface area contributed by atoms with Crippen LogP contribution >= 0.6 is 11.8 Å². The third-order valence-electron chi connectivity index (χ3n) is 4.57. The molecule has 3 rings (SSSR count). The van der Waals surface area contributed by atoms with E-state index in [0.29, 0.717) is 12.0 Å². The summed E-state index contributed by atoms with van der Waals surface area (Å²) in [5, 5.41) is 11.9. The molecule has 146 valence electrons. The highest BCUT2D eigenvalue weighted by Crippen LogP contribution is 2.24. The molecule has 0 fully saturated rings. The van der Waals surface area contributed by atoms with Crippen LogP contribution in [-0.2, 0) is 6.42 Å². The molecule has 2 aromatic carbocycles. The Balaban J connectivity index is 2.37. The lowest BCUT2D eigenvalue weighted by molar-refractivity contribution is -0.650. The van der Waals surface area contributed by atoms with Crippen molar-refractivity contribution in [3.63, 3.8) is 0 Å². The molecule has 1 N–H and O–H groups in total. The predicted octanol–water partition coefficient (Wildman–Crippen LogP) is 4.66. The molecular weight excluding hydrogens is 368 g/mol. The Bertz CT molecular complexity index is 969. The lowest BCUT2D eigenvalue weighted by atomic mass is 10.1. The minimum Gasteiger partial charge on any atom is -0.477 e. The summed E-state index contributed by atoms with van der Waals surface area (Å²) >= 11 is 1.59. The van der Waals surface area contributed by atoms with Gasteiger partial charge in [0.1, 0.15) is 16.9 Å². The van der Waals surface area contributed by atoms with Gasteiger partial charge in [-0.15, -0.1) is 0 Å². The fourth-order valence-corrected chi connectivity index (χ4v) is 4.18. The van der Waals surface area contributed by atoms with Gasteiger partial charge >= 0.3 is 10.7 Å². The van der Waals surface area contributed by atoms with Gasteiger partial charge in [-0.2, -0.15) is 9.13 Å². The first kappa shape index (κ1) is 20.2. The van der Waals surface area contributed by atoms with Crippen molar-refractivity contribution in [2.24, 2.45) is 0 Å². The lowest BCUT2D eigenvalue weighted by Crippen LogP contribution is -2.43. The first-order chi connectivity index (χ1) is 13.7. The summed E-state index contributed by atoms with van der Waals surface area (Å²) in [5.74, 6) is 0.905. The van der Waals surface area contributed by atoms with E-state index < -0.39 is 0 Å². The molecule has 4 nitrogen and oxygen atoms in total. The average Bonchev–Trinajstić information content (AvgIpc) is 2.73. The number of para-hydroxylation sites is 2. The van der Waals surface area contributed by atoms with Gasteiger partial charge in [0, 0.05) is 5.75 Å². The maximum Gasteiger partial charge on any atom is 0.350 e. The molecular formula is C23H27N2O2S+. The second kappa shape index (κ2) is 9.60. The number of aromatic nitrogens is 2. The quantitative estimate of drug-likeness (QED) is 0.343. The summed E-state index contributed by atoms with van der Waals surface area (Å²) in [6.07, 6.45) is 3.34. The van der Waals surface area contributed by atoms with E-state index in [4.69, 9.17) is 0 Å². The van der Waals surface area contributed by atoms with Crippen molar-refractivity contribution in [2.45, 2.75) is 44.7 Å². The molecule has 0 saturated carbocycles. The summed E-state index contributed by atoms with van der Waals surface area (Å²) in [6, 6.07) is 19.4. The van der Waals surface area contributed by atoms with Crippen LogP contribution in [-0.4, -0.2) is 15.4 Å². The topological polar surface area (TPSA) is 46.1 Å². The number of benzene rings is 2. The van der Waals surface area contributed by atoms with Gasteiger partial charge in [0.15, 0.2) is 0 Å². The molecule has 0 aliphatic carbocycles. The van der Waals surface area contributed by atoms with E-state index in [2.05, 4.69) is 13.8 Å². The van der Waals surface area contributed by atoms with Crippen LogP contribution in [0, 0.1) is 0 Å². The number of hydrogen-bond acceptors (Lipinski definition) is 3.